The highest BCUT2D eigenvalue weighted by Gasteiger charge is 2.28. The molecule has 0 spiro atoms. The molecule has 2 heterocycles. The molecular weight excluding hydrogens is 229 g/mol. The Morgan fingerprint density at radius 2 is 2.33 bits per heavy atom. The Balaban J connectivity index is 2.18. The van der Waals surface area contributed by atoms with Crippen LogP contribution in [0.1, 0.15) is 44.3 Å². The Hall–Kier alpha value is -1.00. The minimum absolute atomic E-state index is 0.263. The van der Waals surface area contributed by atoms with Crippen LogP contribution in [-0.2, 0) is 0 Å². The summed E-state index contributed by atoms with van der Waals surface area (Å²) < 4.78 is 12.9. The molecule has 1 fully saturated rings. The average Bonchev–Trinajstić information content (AvgIpc) is 2.42. The van der Waals surface area contributed by atoms with Crippen LogP contribution in [-0.4, -0.2) is 29.0 Å². The Bertz CT molecular complexity index is 366. The fourth-order valence-electron chi connectivity index (χ4n) is 2.88. The van der Waals surface area contributed by atoms with Gasteiger partial charge in [-0.2, -0.15) is 0 Å². The van der Waals surface area contributed by atoms with Crippen molar-refractivity contribution in [3.63, 3.8) is 0 Å². The fourth-order valence-corrected chi connectivity index (χ4v) is 2.88. The maximum absolute atomic E-state index is 12.9. The number of rotatable bonds is 4. The standard InChI is InChI=1S/C14H22FN3/c1-2-14(13-7-6-11(15)10-17-13)18-8-4-3-5-12(18)9-16/h6-7,10,12,14H,2-5,8-9,16H2,1H3. The van der Waals surface area contributed by atoms with Crippen molar-refractivity contribution in [1.82, 2.24) is 9.88 Å². The van der Waals surface area contributed by atoms with E-state index in [4.69, 9.17) is 5.73 Å². The van der Waals surface area contributed by atoms with E-state index in [-0.39, 0.29) is 11.9 Å². The molecule has 1 saturated heterocycles. The highest BCUT2D eigenvalue weighted by molar-refractivity contribution is 5.10. The van der Waals surface area contributed by atoms with Gasteiger partial charge in [-0.3, -0.25) is 9.88 Å². The van der Waals surface area contributed by atoms with Crippen molar-refractivity contribution in [3.8, 4) is 0 Å². The molecule has 1 aliphatic heterocycles. The minimum atomic E-state index is -0.275. The molecule has 0 aliphatic carbocycles. The number of aromatic nitrogens is 1. The molecule has 3 nitrogen and oxygen atoms in total. The molecule has 2 N–H and O–H groups in total. The van der Waals surface area contributed by atoms with E-state index in [9.17, 15) is 4.39 Å². The second-order valence-electron chi connectivity index (χ2n) is 4.95. The minimum Gasteiger partial charge on any atom is -0.329 e. The summed E-state index contributed by atoms with van der Waals surface area (Å²) in [5.74, 6) is -0.275. The normalized spacial score (nSPS) is 22.9. The second-order valence-corrected chi connectivity index (χ2v) is 4.95. The third-order valence-electron chi connectivity index (χ3n) is 3.82. The molecule has 0 amide bonds. The van der Waals surface area contributed by atoms with E-state index in [0.29, 0.717) is 12.6 Å². The lowest BCUT2D eigenvalue weighted by molar-refractivity contribution is 0.0936. The highest BCUT2D eigenvalue weighted by Crippen LogP contribution is 2.29. The van der Waals surface area contributed by atoms with Gasteiger partial charge in [-0.1, -0.05) is 13.3 Å². The van der Waals surface area contributed by atoms with E-state index >= 15 is 0 Å². The smallest absolute Gasteiger partial charge is 0.141 e. The van der Waals surface area contributed by atoms with E-state index in [2.05, 4.69) is 16.8 Å². The third-order valence-corrected chi connectivity index (χ3v) is 3.82. The zero-order chi connectivity index (χ0) is 13.0. The zero-order valence-corrected chi connectivity index (χ0v) is 11.0. The van der Waals surface area contributed by atoms with E-state index in [1.807, 2.05) is 0 Å². The van der Waals surface area contributed by atoms with Crippen molar-refractivity contribution in [3.05, 3.63) is 29.8 Å². The predicted octanol–water partition coefficient (Wildman–Crippen LogP) is 2.48. The molecule has 1 aliphatic rings. The van der Waals surface area contributed by atoms with Gasteiger partial charge in [0.2, 0.25) is 0 Å². The van der Waals surface area contributed by atoms with Crippen molar-refractivity contribution < 1.29 is 4.39 Å². The van der Waals surface area contributed by atoms with Crippen LogP contribution < -0.4 is 5.73 Å². The van der Waals surface area contributed by atoms with Gasteiger partial charge in [0, 0.05) is 12.6 Å². The maximum atomic E-state index is 12.9. The van der Waals surface area contributed by atoms with Gasteiger partial charge in [-0.15, -0.1) is 0 Å². The summed E-state index contributed by atoms with van der Waals surface area (Å²) in [7, 11) is 0. The van der Waals surface area contributed by atoms with Crippen LogP contribution in [0.5, 0.6) is 0 Å². The Labute approximate surface area is 108 Å². The van der Waals surface area contributed by atoms with Gasteiger partial charge in [0.15, 0.2) is 0 Å². The summed E-state index contributed by atoms with van der Waals surface area (Å²) >= 11 is 0. The summed E-state index contributed by atoms with van der Waals surface area (Å²) in [6.45, 7) is 3.91. The maximum Gasteiger partial charge on any atom is 0.141 e. The van der Waals surface area contributed by atoms with Crippen LogP contribution >= 0.6 is 0 Å². The molecular formula is C14H22FN3. The summed E-state index contributed by atoms with van der Waals surface area (Å²) in [6, 6.07) is 3.99. The van der Waals surface area contributed by atoms with Gasteiger partial charge in [-0.05, 0) is 37.9 Å². The number of hydrogen-bond acceptors (Lipinski definition) is 3. The molecule has 1 aromatic rings. The van der Waals surface area contributed by atoms with Crippen LogP contribution in [0.25, 0.3) is 0 Å². The van der Waals surface area contributed by atoms with Crippen LogP contribution in [0.15, 0.2) is 18.3 Å². The number of pyridine rings is 1. The highest BCUT2D eigenvalue weighted by atomic mass is 19.1. The van der Waals surface area contributed by atoms with Gasteiger partial charge in [0.25, 0.3) is 0 Å². The number of hydrogen-bond donors (Lipinski definition) is 1. The lowest BCUT2D eigenvalue weighted by Gasteiger charge is -2.40. The molecule has 0 aromatic carbocycles. The molecule has 2 rings (SSSR count). The van der Waals surface area contributed by atoms with Gasteiger partial charge in [-0.25, -0.2) is 4.39 Å². The van der Waals surface area contributed by atoms with Gasteiger partial charge >= 0.3 is 0 Å². The SMILES string of the molecule is CCC(c1ccc(F)cn1)N1CCCCC1CN. The van der Waals surface area contributed by atoms with E-state index in [1.54, 1.807) is 6.07 Å². The lowest BCUT2D eigenvalue weighted by atomic mass is 9.97. The second kappa shape index (κ2) is 6.25. The van der Waals surface area contributed by atoms with Crippen LogP contribution in [0, 0.1) is 5.82 Å². The number of halogens is 1. The monoisotopic (exact) mass is 251 g/mol. The van der Waals surface area contributed by atoms with Gasteiger partial charge in [0.1, 0.15) is 5.82 Å². The zero-order valence-electron chi connectivity index (χ0n) is 11.0. The summed E-state index contributed by atoms with van der Waals surface area (Å²) in [5, 5.41) is 0. The molecule has 2 atom stereocenters. The summed E-state index contributed by atoms with van der Waals surface area (Å²) in [5.41, 5.74) is 6.82. The first-order valence-electron chi connectivity index (χ1n) is 6.83. The molecule has 100 valence electrons. The van der Waals surface area contributed by atoms with E-state index < -0.39 is 0 Å². The molecule has 0 bridgehead atoms. The number of likely N-dealkylation sites (tertiary alicyclic amines) is 1. The number of nitrogens with zero attached hydrogens (tertiary/aromatic N) is 2. The fraction of sp³-hybridized carbons (Fsp3) is 0.643. The Kier molecular flexibility index (Phi) is 4.66. The molecule has 4 heteroatoms. The first-order chi connectivity index (χ1) is 8.76. The molecule has 18 heavy (non-hydrogen) atoms. The molecule has 0 radical (unpaired) electrons. The quantitative estimate of drug-likeness (QED) is 0.894. The van der Waals surface area contributed by atoms with E-state index in [0.717, 1.165) is 25.1 Å². The van der Waals surface area contributed by atoms with Crippen LogP contribution in [0.2, 0.25) is 0 Å². The first-order valence-corrected chi connectivity index (χ1v) is 6.83. The molecule has 1 aromatic heterocycles. The topological polar surface area (TPSA) is 42.2 Å². The first kappa shape index (κ1) is 13.4. The molecule has 2 unspecified atom stereocenters. The van der Waals surface area contributed by atoms with Crippen molar-refractivity contribution in [1.29, 1.82) is 0 Å². The molecule has 0 saturated carbocycles. The van der Waals surface area contributed by atoms with Crippen LogP contribution in [0.3, 0.4) is 0 Å². The number of piperidine rings is 1. The summed E-state index contributed by atoms with van der Waals surface area (Å²) in [4.78, 5) is 6.68. The summed E-state index contributed by atoms with van der Waals surface area (Å²) in [6.07, 6.45) is 5.92. The van der Waals surface area contributed by atoms with Gasteiger partial charge < -0.3 is 5.73 Å². The van der Waals surface area contributed by atoms with Gasteiger partial charge in [0.05, 0.1) is 17.9 Å². The van der Waals surface area contributed by atoms with Crippen molar-refractivity contribution in [2.75, 3.05) is 13.1 Å². The number of nitrogens with two attached hydrogens (primary N) is 1. The Morgan fingerprint density at radius 1 is 1.50 bits per heavy atom. The van der Waals surface area contributed by atoms with Crippen molar-refractivity contribution in [2.24, 2.45) is 5.73 Å². The third kappa shape index (κ3) is 2.87. The van der Waals surface area contributed by atoms with E-state index in [1.165, 1.54) is 25.1 Å². The van der Waals surface area contributed by atoms with Crippen molar-refractivity contribution >= 4 is 0 Å². The largest absolute Gasteiger partial charge is 0.329 e. The van der Waals surface area contributed by atoms with Crippen molar-refractivity contribution in [2.45, 2.75) is 44.7 Å². The predicted molar refractivity (Wildman–Crippen MR) is 70.6 cm³/mol. The average molecular weight is 251 g/mol. The lowest BCUT2D eigenvalue weighted by Crippen LogP contribution is -2.46. The Morgan fingerprint density at radius 3 is 2.94 bits per heavy atom. The van der Waals surface area contributed by atoms with Crippen LogP contribution in [0.4, 0.5) is 4.39 Å².